The Balaban J connectivity index is 1.71. The largest absolute Gasteiger partial charge is 0.497 e. The van der Waals surface area contributed by atoms with Crippen molar-refractivity contribution in [2.45, 2.75) is 32.6 Å². The fourth-order valence-corrected chi connectivity index (χ4v) is 4.35. The lowest BCUT2D eigenvalue weighted by Gasteiger charge is -2.30. The van der Waals surface area contributed by atoms with E-state index in [0.717, 1.165) is 33.6 Å². The number of nitrogens with one attached hydrogen (secondary N) is 1. The minimum absolute atomic E-state index is 0.0804. The zero-order chi connectivity index (χ0) is 23.5. The summed E-state index contributed by atoms with van der Waals surface area (Å²) >= 11 is 0. The molecule has 2 atom stereocenters. The number of aryl methyl sites for hydroxylation is 2. The minimum atomic E-state index is -0.724. The van der Waals surface area contributed by atoms with Gasteiger partial charge in [-0.15, -0.1) is 0 Å². The number of rotatable bonds is 7. The summed E-state index contributed by atoms with van der Waals surface area (Å²) in [5, 5.41) is 3.43. The molecule has 0 spiro atoms. The van der Waals surface area contributed by atoms with Crippen LogP contribution in [0.3, 0.4) is 0 Å². The average molecular weight is 445 g/mol. The first-order chi connectivity index (χ1) is 15.9. The van der Waals surface area contributed by atoms with E-state index < -0.39 is 18.2 Å². The summed E-state index contributed by atoms with van der Waals surface area (Å²) in [5.74, 6) is 0.274. The number of amides is 1. The number of fused-ring (bicyclic) bond motifs is 1. The number of nitrogens with zero attached hydrogens (tertiary/aromatic N) is 1. The molecule has 3 aromatic rings. The Labute approximate surface area is 194 Å². The molecule has 1 N–H and O–H groups in total. The maximum atomic E-state index is 13.3. The standard InChI is InChI=1S/C27H28N2O4/c1-17-9-14-21(18(2)15-17)24(27(31)33-4)28-25-22-7-5-6-8-23(22)26(30)29(25)16-19-10-12-20(32-3)13-11-19/h5-15,24-25,28H,16H2,1-4H3. The second-order valence-corrected chi connectivity index (χ2v) is 8.25. The van der Waals surface area contributed by atoms with Crippen molar-refractivity contribution in [2.75, 3.05) is 14.2 Å². The molecular weight excluding hydrogens is 416 g/mol. The van der Waals surface area contributed by atoms with Gasteiger partial charge in [0.1, 0.15) is 18.0 Å². The fourth-order valence-electron chi connectivity index (χ4n) is 4.35. The maximum absolute atomic E-state index is 13.3. The molecule has 170 valence electrons. The number of carbonyl (C=O) groups is 2. The SMILES string of the molecule is COC(=O)C(NC1c2ccccc2C(=O)N1Cc1ccc(OC)cc1)c1ccc(C)cc1C. The molecule has 33 heavy (non-hydrogen) atoms. The van der Waals surface area contributed by atoms with Gasteiger partial charge in [0, 0.05) is 17.7 Å². The highest BCUT2D eigenvalue weighted by Gasteiger charge is 2.39. The molecule has 1 aliphatic heterocycles. The number of carbonyl (C=O) groups excluding carboxylic acids is 2. The first-order valence-corrected chi connectivity index (χ1v) is 10.9. The Kier molecular flexibility index (Phi) is 6.47. The molecule has 1 aliphatic rings. The van der Waals surface area contributed by atoms with Crippen LogP contribution in [0.1, 0.15) is 50.4 Å². The smallest absolute Gasteiger partial charge is 0.327 e. The number of hydrogen-bond acceptors (Lipinski definition) is 5. The third-order valence-electron chi connectivity index (χ3n) is 6.07. The fraction of sp³-hybridized carbons (Fsp3) is 0.259. The molecule has 3 aromatic carbocycles. The molecule has 4 rings (SSSR count). The Bertz CT molecular complexity index is 1170. The van der Waals surface area contributed by atoms with Crippen LogP contribution in [0.2, 0.25) is 0 Å². The van der Waals surface area contributed by atoms with Crippen LogP contribution in [-0.4, -0.2) is 31.0 Å². The van der Waals surface area contributed by atoms with Crippen LogP contribution in [-0.2, 0) is 16.1 Å². The Hall–Kier alpha value is -3.64. The molecule has 1 heterocycles. The van der Waals surface area contributed by atoms with Gasteiger partial charge in [-0.3, -0.25) is 10.1 Å². The summed E-state index contributed by atoms with van der Waals surface area (Å²) in [6.07, 6.45) is -0.486. The van der Waals surface area contributed by atoms with E-state index in [2.05, 4.69) is 5.32 Å². The van der Waals surface area contributed by atoms with E-state index in [9.17, 15) is 9.59 Å². The first kappa shape index (κ1) is 22.6. The van der Waals surface area contributed by atoms with E-state index in [4.69, 9.17) is 9.47 Å². The van der Waals surface area contributed by atoms with Gasteiger partial charge in [0.2, 0.25) is 0 Å². The summed E-state index contributed by atoms with van der Waals surface area (Å²) in [4.78, 5) is 28.0. The van der Waals surface area contributed by atoms with Gasteiger partial charge in [0.05, 0.1) is 14.2 Å². The van der Waals surface area contributed by atoms with Gasteiger partial charge in [0.25, 0.3) is 5.91 Å². The molecule has 0 fully saturated rings. The average Bonchev–Trinajstić information content (AvgIpc) is 3.09. The third-order valence-corrected chi connectivity index (χ3v) is 6.07. The van der Waals surface area contributed by atoms with Crippen molar-refractivity contribution in [1.29, 1.82) is 0 Å². The summed E-state index contributed by atoms with van der Waals surface area (Å²) in [6.45, 7) is 4.37. The predicted octanol–water partition coefficient (Wildman–Crippen LogP) is 4.47. The zero-order valence-electron chi connectivity index (χ0n) is 19.3. The normalized spacial score (nSPS) is 15.8. The highest BCUT2D eigenvalue weighted by Crippen LogP contribution is 2.35. The van der Waals surface area contributed by atoms with E-state index in [0.29, 0.717) is 12.1 Å². The topological polar surface area (TPSA) is 67.9 Å². The van der Waals surface area contributed by atoms with Gasteiger partial charge in [-0.25, -0.2) is 4.79 Å². The van der Waals surface area contributed by atoms with Gasteiger partial charge in [-0.1, -0.05) is 54.1 Å². The molecule has 2 unspecified atom stereocenters. The predicted molar refractivity (Wildman–Crippen MR) is 126 cm³/mol. The van der Waals surface area contributed by atoms with E-state index in [1.165, 1.54) is 7.11 Å². The summed E-state index contributed by atoms with van der Waals surface area (Å²) in [6, 6.07) is 20.4. The molecule has 0 bridgehead atoms. The van der Waals surface area contributed by atoms with E-state index in [-0.39, 0.29) is 5.91 Å². The van der Waals surface area contributed by atoms with E-state index in [1.807, 2.05) is 80.6 Å². The van der Waals surface area contributed by atoms with Crippen LogP contribution in [0.25, 0.3) is 0 Å². The first-order valence-electron chi connectivity index (χ1n) is 10.9. The lowest BCUT2D eigenvalue weighted by atomic mass is 9.98. The van der Waals surface area contributed by atoms with Gasteiger partial charge in [-0.2, -0.15) is 0 Å². The Morgan fingerprint density at radius 3 is 2.42 bits per heavy atom. The quantitative estimate of drug-likeness (QED) is 0.545. The monoisotopic (exact) mass is 444 g/mol. The van der Waals surface area contributed by atoms with Crippen molar-refractivity contribution in [1.82, 2.24) is 10.2 Å². The molecule has 0 aliphatic carbocycles. The van der Waals surface area contributed by atoms with Crippen molar-refractivity contribution in [3.63, 3.8) is 0 Å². The van der Waals surface area contributed by atoms with Crippen molar-refractivity contribution in [2.24, 2.45) is 0 Å². The van der Waals surface area contributed by atoms with Gasteiger partial charge >= 0.3 is 5.97 Å². The molecule has 0 saturated carbocycles. The van der Waals surface area contributed by atoms with E-state index in [1.54, 1.807) is 12.0 Å². The second-order valence-electron chi connectivity index (χ2n) is 8.25. The van der Waals surface area contributed by atoms with Crippen LogP contribution in [0.5, 0.6) is 5.75 Å². The maximum Gasteiger partial charge on any atom is 0.327 e. The molecule has 6 heteroatoms. The summed E-state index contributed by atoms with van der Waals surface area (Å²) in [5.41, 5.74) is 5.36. The Morgan fingerprint density at radius 1 is 1.03 bits per heavy atom. The number of ether oxygens (including phenoxy) is 2. The van der Waals surface area contributed by atoms with Crippen LogP contribution in [0, 0.1) is 13.8 Å². The molecule has 0 radical (unpaired) electrons. The second kappa shape index (κ2) is 9.46. The van der Waals surface area contributed by atoms with Crippen molar-refractivity contribution >= 4 is 11.9 Å². The number of hydrogen-bond donors (Lipinski definition) is 1. The Morgan fingerprint density at radius 2 is 1.76 bits per heavy atom. The minimum Gasteiger partial charge on any atom is -0.497 e. The van der Waals surface area contributed by atoms with Crippen molar-refractivity contribution in [3.8, 4) is 5.75 Å². The van der Waals surface area contributed by atoms with Gasteiger partial charge in [-0.05, 0) is 48.7 Å². The number of benzene rings is 3. The number of methoxy groups -OCH3 is 2. The molecule has 0 aromatic heterocycles. The lowest BCUT2D eigenvalue weighted by Crippen LogP contribution is -2.41. The zero-order valence-corrected chi connectivity index (χ0v) is 19.3. The van der Waals surface area contributed by atoms with Gasteiger partial charge in [0.15, 0.2) is 0 Å². The van der Waals surface area contributed by atoms with Crippen LogP contribution >= 0.6 is 0 Å². The van der Waals surface area contributed by atoms with Crippen molar-refractivity contribution < 1.29 is 19.1 Å². The molecule has 0 saturated heterocycles. The van der Waals surface area contributed by atoms with Gasteiger partial charge < -0.3 is 14.4 Å². The van der Waals surface area contributed by atoms with Crippen LogP contribution in [0.15, 0.2) is 66.7 Å². The van der Waals surface area contributed by atoms with Crippen LogP contribution < -0.4 is 10.1 Å². The number of esters is 1. The van der Waals surface area contributed by atoms with Crippen molar-refractivity contribution in [3.05, 3.63) is 100 Å². The summed E-state index contributed by atoms with van der Waals surface area (Å²) < 4.78 is 10.4. The lowest BCUT2D eigenvalue weighted by molar-refractivity contribution is -0.144. The van der Waals surface area contributed by atoms with E-state index >= 15 is 0 Å². The van der Waals surface area contributed by atoms with Crippen LogP contribution in [0.4, 0.5) is 0 Å². The third kappa shape index (κ3) is 4.47. The molecule has 1 amide bonds. The summed E-state index contributed by atoms with van der Waals surface area (Å²) in [7, 11) is 3.00. The highest BCUT2D eigenvalue weighted by molar-refractivity contribution is 5.99. The molecular formula is C27H28N2O4. The highest BCUT2D eigenvalue weighted by atomic mass is 16.5. The molecule has 6 nitrogen and oxygen atoms in total.